The summed E-state index contributed by atoms with van der Waals surface area (Å²) in [6, 6.07) is 0. The third-order valence-corrected chi connectivity index (χ3v) is 8.59. The summed E-state index contributed by atoms with van der Waals surface area (Å²) >= 11 is -1.14. The van der Waals surface area contributed by atoms with Crippen LogP contribution in [0.3, 0.4) is 0 Å². The van der Waals surface area contributed by atoms with Gasteiger partial charge in [-0.15, -0.1) is 0 Å². The van der Waals surface area contributed by atoms with Crippen molar-refractivity contribution in [3.63, 3.8) is 0 Å². The molecule has 0 aromatic carbocycles. The summed E-state index contributed by atoms with van der Waals surface area (Å²) in [6.45, 7) is 6.57. The Kier molecular flexibility index (Phi) is 18.0. The molecule has 0 aliphatic carbocycles. The predicted octanol–water partition coefficient (Wildman–Crippen LogP) is 2.79. The van der Waals surface area contributed by atoms with Gasteiger partial charge in [0.2, 0.25) is 0 Å². The van der Waals surface area contributed by atoms with E-state index in [0.29, 0.717) is 0 Å². The SMILES string of the molecule is CCC[CH2][GeH2][O]CCCCC[O][GeH2][CH2]CCC. The van der Waals surface area contributed by atoms with E-state index in [1.807, 2.05) is 0 Å². The number of rotatable bonds is 14. The van der Waals surface area contributed by atoms with Crippen molar-refractivity contribution in [3.8, 4) is 0 Å². The Labute approximate surface area is 121 Å². The van der Waals surface area contributed by atoms with Gasteiger partial charge in [0.25, 0.3) is 0 Å². The van der Waals surface area contributed by atoms with Crippen molar-refractivity contribution in [3.05, 3.63) is 0 Å². The van der Waals surface area contributed by atoms with E-state index in [2.05, 4.69) is 13.8 Å². The van der Waals surface area contributed by atoms with Crippen LogP contribution in [0, 0.1) is 0 Å². The molecule has 0 fully saturated rings. The first-order chi connectivity index (χ1) is 8.41. The average molecular weight is 366 g/mol. The van der Waals surface area contributed by atoms with E-state index < -0.39 is 31.5 Å². The van der Waals surface area contributed by atoms with Gasteiger partial charge < -0.3 is 0 Å². The Balaban J connectivity index is 2.85. The summed E-state index contributed by atoms with van der Waals surface area (Å²) < 4.78 is 11.5. The standard InChI is InChI=1S/C13H32Ge2O2/c1-3-5-10-14-16-12-8-7-9-13-17-15-11-6-4-2/h3-15H2,1-2H3. The summed E-state index contributed by atoms with van der Waals surface area (Å²) in [6.07, 6.45) is 9.23. The molecule has 0 bridgehead atoms. The predicted molar refractivity (Wildman–Crippen MR) is 82.3 cm³/mol. The minimum atomic E-state index is -0.571. The van der Waals surface area contributed by atoms with Crippen LogP contribution in [0.2, 0.25) is 10.5 Å². The summed E-state index contributed by atoms with van der Waals surface area (Å²) in [5, 5.41) is 2.83. The molecule has 17 heavy (non-hydrogen) atoms. The van der Waals surface area contributed by atoms with Crippen molar-refractivity contribution in [1.29, 1.82) is 0 Å². The third kappa shape index (κ3) is 17.0. The Bertz CT molecular complexity index is 121. The molecule has 0 rings (SSSR count). The van der Waals surface area contributed by atoms with Crippen molar-refractivity contribution >= 4 is 31.5 Å². The van der Waals surface area contributed by atoms with Crippen molar-refractivity contribution in [1.82, 2.24) is 0 Å². The van der Waals surface area contributed by atoms with Gasteiger partial charge in [-0.1, -0.05) is 0 Å². The normalized spacial score (nSPS) is 12.4. The van der Waals surface area contributed by atoms with Crippen LogP contribution in [0.4, 0.5) is 0 Å². The zero-order valence-electron chi connectivity index (χ0n) is 12.0. The molecule has 0 aromatic rings. The fourth-order valence-corrected chi connectivity index (χ4v) is 7.22. The molecule has 104 valence electrons. The Morgan fingerprint density at radius 2 is 1.12 bits per heavy atom. The van der Waals surface area contributed by atoms with E-state index in [9.17, 15) is 0 Å². The monoisotopic (exact) mass is 368 g/mol. The molecule has 0 N–H and O–H groups in total. The van der Waals surface area contributed by atoms with Crippen LogP contribution in [0.25, 0.3) is 0 Å². The molecule has 0 unspecified atom stereocenters. The molecule has 0 aliphatic heterocycles. The van der Waals surface area contributed by atoms with Crippen molar-refractivity contribution in [2.24, 2.45) is 0 Å². The van der Waals surface area contributed by atoms with Gasteiger partial charge in [0, 0.05) is 0 Å². The molecule has 4 heteroatoms. The summed E-state index contributed by atoms with van der Waals surface area (Å²) in [7, 11) is 0. The van der Waals surface area contributed by atoms with Crippen molar-refractivity contribution in [2.45, 2.75) is 69.3 Å². The second-order valence-corrected chi connectivity index (χ2v) is 11.1. The molecule has 2 nitrogen and oxygen atoms in total. The number of hydrogen-bond donors (Lipinski definition) is 0. The molecule has 0 saturated carbocycles. The van der Waals surface area contributed by atoms with Gasteiger partial charge in [0.1, 0.15) is 0 Å². The summed E-state index contributed by atoms with van der Waals surface area (Å²) in [5.41, 5.74) is 0. The molecular formula is C13H32Ge2O2. The maximum atomic E-state index is 5.75. The quantitative estimate of drug-likeness (QED) is 0.348. The average Bonchev–Trinajstić information content (AvgIpc) is 2.35. The maximum absolute atomic E-state index is 5.75. The van der Waals surface area contributed by atoms with Crippen LogP contribution >= 0.6 is 0 Å². The molecule has 0 saturated heterocycles. The zero-order valence-corrected chi connectivity index (χ0v) is 17.9. The van der Waals surface area contributed by atoms with E-state index in [0.717, 1.165) is 13.2 Å². The number of hydrogen-bond acceptors (Lipinski definition) is 2. The van der Waals surface area contributed by atoms with Crippen LogP contribution < -0.4 is 0 Å². The van der Waals surface area contributed by atoms with E-state index in [-0.39, 0.29) is 0 Å². The third-order valence-electron chi connectivity index (χ3n) is 2.86. The van der Waals surface area contributed by atoms with E-state index >= 15 is 0 Å². The first-order valence-electron chi connectivity index (χ1n) is 7.57. The second kappa shape index (κ2) is 17.0. The zero-order chi connectivity index (χ0) is 12.6. The van der Waals surface area contributed by atoms with Crippen LogP contribution in [-0.4, -0.2) is 44.7 Å². The van der Waals surface area contributed by atoms with Gasteiger partial charge in [-0.25, -0.2) is 0 Å². The van der Waals surface area contributed by atoms with E-state index in [1.165, 1.54) is 55.5 Å². The van der Waals surface area contributed by atoms with Crippen molar-refractivity contribution < 1.29 is 7.53 Å². The summed E-state index contributed by atoms with van der Waals surface area (Å²) in [4.78, 5) is 0. The van der Waals surface area contributed by atoms with Crippen molar-refractivity contribution in [2.75, 3.05) is 13.2 Å². The fraction of sp³-hybridized carbons (Fsp3) is 1.00. The van der Waals surface area contributed by atoms with E-state index in [1.54, 1.807) is 0 Å². The van der Waals surface area contributed by atoms with Gasteiger partial charge >= 0.3 is 122 Å². The first-order valence-corrected chi connectivity index (χ1v) is 14.2. The van der Waals surface area contributed by atoms with Gasteiger partial charge in [0.05, 0.1) is 0 Å². The molecule has 0 heterocycles. The van der Waals surface area contributed by atoms with Gasteiger partial charge in [-0.2, -0.15) is 0 Å². The molecule has 0 aromatic heterocycles. The second-order valence-electron chi connectivity index (χ2n) is 4.70. The molecule has 0 atom stereocenters. The van der Waals surface area contributed by atoms with Gasteiger partial charge in [-0.05, 0) is 0 Å². The van der Waals surface area contributed by atoms with E-state index in [4.69, 9.17) is 7.53 Å². The molecule has 0 aliphatic rings. The Hall–Kier alpha value is 1.01. The molecular weight excluding hydrogens is 333 g/mol. The molecule has 0 radical (unpaired) electrons. The van der Waals surface area contributed by atoms with Crippen LogP contribution in [0.1, 0.15) is 58.8 Å². The molecule has 0 spiro atoms. The summed E-state index contributed by atoms with van der Waals surface area (Å²) in [5.74, 6) is 0. The van der Waals surface area contributed by atoms with Crippen LogP contribution in [0.5, 0.6) is 0 Å². The Morgan fingerprint density at radius 1 is 0.647 bits per heavy atom. The van der Waals surface area contributed by atoms with Crippen LogP contribution in [0.15, 0.2) is 0 Å². The fourth-order valence-electron chi connectivity index (χ4n) is 1.70. The minimum absolute atomic E-state index is 0.571. The van der Waals surface area contributed by atoms with Crippen LogP contribution in [-0.2, 0) is 7.53 Å². The van der Waals surface area contributed by atoms with Gasteiger partial charge in [0.15, 0.2) is 0 Å². The first kappa shape index (κ1) is 18.0. The Morgan fingerprint density at radius 3 is 1.53 bits per heavy atom. The topological polar surface area (TPSA) is 18.5 Å². The van der Waals surface area contributed by atoms with Gasteiger partial charge in [-0.3, -0.25) is 0 Å². The molecule has 0 amide bonds. The number of unbranched alkanes of at least 4 members (excludes halogenated alkanes) is 4.